The number of benzene rings is 1. The molecule has 0 aromatic heterocycles. The Balaban J connectivity index is 0.00000242. The van der Waals surface area contributed by atoms with Crippen LogP contribution in [-0.4, -0.2) is 43.6 Å². The van der Waals surface area contributed by atoms with E-state index in [1.807, 2.05) is 50.1 Å². The Morgan fingerprint density at radius 3 is 2.68 bits per heavy atom. The Kier molecular flexibility index (Phi) is 7.69. The van der Waals surface area contributed by atoms with Crippen molar-refractivity contribution in [1.29, 1.82) is 0 Å². The van der Waals surface area contributed by atoms with Gasteiger partial charge in [-0.25, -0.2) is 0 Å². The van der Waals surface area contributed by atoms with Crippen LogP contribution in [0.25, 0.3) is 0 Å². The third kappa shape index (κ3) is 5.18. The molecule has 1 aliphatic rings. The van der Waals surface area contributed by atoms with Crippen LogP contribution in [0.4, 0.5) is 0 Å². The lowest BCUT2D eigenvalue weighted by Crippen LogP contribution is -2.45. The van der Waals surface area contributed by atoms with Gasteiger partial charge in [-0.15, -0.1) is 12.4 Å². The first-order valence-corrected chi connectivity index (χ1v) is 7.77. The summed E-state index contributed by atoms with van der Waals surface area (Å²) in [5.74, 6) is 1.55. The molecule has 2 rings (SSSR count). The Morgan fingerprint density at radius 2 is 2.09 bits per heavy atom. The molecule has 1 aromatic rings. The molecule has 1 unspecified atom stereocenters. The van der Waals surface area contributed by atoms with E-state index in [-0.39, 0.29) is 18.3 Å². The van der Waals surface area contributed by atoms with Crippen LogP contribution >= 0.6 is 12.4 Å². The van der Waals surface area contributed by atoms with Crippen LogP contribution in [0.5, 0.6) is 5.75 Å². The molecular weight excluding hydrogens is 300 g/mol. The molecule has 0 bridgehead atoms. The zero-order valence-electron chi connectivity index (χ0n) is 13.7. The number of carbonyl (C=O) groups is 1. The summed E-state index contributed by atoms with van der Waals surface area (Å²) in [6.45, 7) is 6.58. The molecular formula is C17H27ClN2O2. The zero-order valence-corrected chi connectivity index (χ0v) is 14.5. The van der Waals surface area contributed by atoms with E-state index in [0.29, 0.717) is 5.92 Å². The Bertz CT molecular complexity index is 473. The summed E-state index contributed by atoms with van der Waals surface area (Å²) < 4.78 is 5.78. The van der Waals surface area contributed by atoms with Crippen molar-refractivity contribution in [2.45, 2.75) is 32.8 Å². The van der Waals surface area contributed by atoms with E-state index < -0.39 is 6.10 Å². The lowest BCUT2D eigenvalue weighted by Gasteiger charge is -2.33. The Hall–Kier alpha value is -1.26. The van der Waals surface area contributed by atoms with Crippen LogP contribution in [0.3, 0.4) is 0 Å². The van der Waals surface area contributed by atoms with Gasteiger partial charge >= 0.3 is 0 Å². The molecule has 1 atom stereocenters. The number of hydrogen-bond donors (Lipinski definition) is 1. The average Bonchev–Trinajstić information content (AvgIpc) is 2.47. The highest BCUT2D eigenvalue weighted by Crippen LogP contribution is 2.19. The van der Waals surface area contributed by atoms with E-state index in [0.717, 1.165) is 43.8 Å². The van der Waals surface area contributed by atoms with Gasteiger partial charge in [-0.3, -0.25) is 4.79 Å². The summed E-state index contributed by atoms with van der Waals surface area (Å²) >= 11 is 0. The number of piperidine rings is 1. The number of rotatable bonds is 5. The van der Waals surface area contributed by atoms with Crippen molar-refractivity contribution >= 4 is 18.3 Å². The second-order valence-corrected chi connectivity index (χ2v) is 5.90. The first-order chi connectivity index (χ1) is 10.1. The molecule has 0 spiro atoms. The molecule has 1 heterocycles. The number of halogens is 1. The van der Waals surface area contributed by atoms with Gasteiger partial charge < -0.3 is 15.0 Å². The summed E-state index contributed by atoms with van der Waals surface area (Å²) in [5.41, 5.74) is 1.14. The second-order valence-electron chi connectivity index (χ2n) is 5.90. The molecule has 1 N–H and O–H groups in total. The molecule has 1 aromatic carbocycles. The van der Waals surface area contributed by atoms with Gasteiger partial charge in [0.25, 0.3) is 5.91 Å². The predicted octanol–water partition coefficient (Wildman–Crippen LogP) is 2.64. The number of nitrogens with one attached hydrogen (secondary N) is 1. The largest absolute Gasteiger partial charge is 0.481 e. The molecule has 0 aliphatic carbocycles. The van der Waals surface area contributed by atoms with Crippen LogP contribution in [0.2, 0.25) is 0 Å². The second kappa shape index (κ2) is 9.01. The van der Waals surface area contributed by atoms with E-state index >= 15 is 0 Å². The SMILES string of the molecule is CNCC1CCN(C(=O)C(C)Oc2cccc(C)c2)CC1.Cl. The number of ether oxygens (including phenoxy) is 1. The lowest BCUT2D eigenvalue weighted by atomic mass is 9.96. The molecule has 124 valence electrons. The zero-order chi connectivity index (χ0) is 15.2. The molecule has 5 heteroatoms. The fourth-order valence-electron chi connectivity index (χ4n) is 2.85. The highest BCUT2D eigenvalue weighted by Gasteiger charge is 2.26. The number of amides is 1. The molecule has 1 fully saturated rings. The van der Waals surface area contributed by atoms with Crippen LogP contribution in [0.1, 0.15) is 25.3 Å². The van der Waals surface area contributed by atoms with Crippen LogP contribution < -0.4 is 10.1 Å². The third-order valence-corrected chi connectivity index (χ3v) is 4.07. The van der Waals surface area contributed by atoms with Gasteiger partial charge in [0.1, 0.15) is 5.75 Å². The van der Waals surface area contributed by atoms with Crippen LogP contribution in [0, 0.1) is 12.8 Å². The Morgan fingerprint density at radius 1 is 1.41 bits per heavy atom. The summed E-state index contributed by atoms with van der Waals surface area (Å²) in [4.78, 5) is 14.4. The normalized spacial score (nSPS) is 16.8. The standard InChI is InChI=1S/C17H26N2O2.ClH/c1-13-5-4-6-16(11-13)21-14(2)17(20)19-9-7-15(8-10-19)12-18-3;/h4-6,11,14-15,18H,7-10,12H2,1-3H3;1H. The van der Waals surface area contributed by atoms with Gasteiger partial charge in [-0.1, -0.05) is 12.1 Å². The minimum Gasteiger partial charge on any atom is -0.481 e. The van der Waals surface area contributed by atoms with E-state index in [9.17, 15) is 4.79 Å². The summed E-state index contributed by atoms with van der Waals surface area (Å²) in [6, 6.07) is 7.83. The smallest absolute Gasteiger partial charge is 0.263 e. The average molecular weight is 327 g/mol. The summed E-state index contributed by atoms with van der Waals surface area (Å²) in [7, 11) is 1.98. The Labute approximate surface area is 139 Å². The number of hydrogen-bond acceptors (Lipinski definition) is 3. The monoisotopic (exact) mass is 326 g/mol. The fourth-order valence-corrected chi connectivity index (χ4v) is 2.85. The maximum atomic E-state index is 12.4. The summed E-state index contributed by atoms with van der Waals surface area (Å²) in [6.07, 6.45) is 1.72. The molecule has 4 nitrogen and oxygen atoms in total. The highest BCUT2D eigenvalue weighted by atomic mass is 35.5. The van der Waals surface area contributed by atoms with E-state index in [2.05, 4.69) is 5.32 Å². The van der Waals surface area contributed by atoms with Gasteiger partial charge in [0.15, 0.2) is 6.10 Å². The van der Waals surface area contributed by atoms with Crippen LogP contribution in [-0.2, 0) is 4.79 Å². The minimum atomic E-state index is -0.423. The van der Waals surface area contributed by atoms with Crippen molar-refractivity contribution in [3.8, 4) is 5.75 Å². The van der Waals surface area contributed by atoms with Crippen molar-refractivity contribution < 1.29 is 9.53 Å². The predicted molar refractivity (Wildman–Crippen MR) is 91.7 cm³/mol. The van der Waals surface area contributed by atoms with Gasteiger partial charge in [0.05, 0.1) is 0 Å². The molecule has 0 saturated carbocycles. The van der Waals surface area contributed by atoms with Crippen molar-refractivity contribution in [2.75, 3.05) is 26.7 Å². The maximum Gasteiger partial charge on any atom is 0.263 e. The van der Waals surface area contributed by atoms with Gasteiger partial charge in [0, 0.05) is 13.1 Å². The van der Waals surface area contributed by atoms with Gasteiger partial charge in [-0.2, -0.15) is 0 Å². The molecule has 0 radical (unpaired) electrons. The first kappa shape index (κ1) is 18.8. The maximum absolute atomic E-state index is 12.4. The van der Waals surface area contributed by atoms with Crippen molar-refractivity contribution in [3.63, 3.8) is 0 Å². The van der Waals surface area contributed by atoms with Crippen molar-refractivity contribution in [2.24, 2.45) is 5.92 Å². The van der Waals surface area contributed by atoms with E-state index in [4.69, 9.17) is 4.74 Å². The number of likely N-dealkylation sites (tertiary alicyclic amines) is 1. The molecule has 1 aliphatic heterocycles. The molecule has 1 amide bonds. The summed E-state index contributed by atoms with van der Waals surface area (Å²) in [5, 5.41) is 3.21. The van der Waals surface area contributed by atoms with E-state index in [1.54, 1.807) is 0 Å². The number of carbonyl (C=O) groups excluding carboxylic acids is 1. The van der Waals surface area contributed by atoms with Crippen LogP contribution in [0.15, 0.2) is 24.3 Å². The van der Waals surface area contributed by atoms with Gasteiger partial charge in [-0.05, 0) is 63.9 Å². The fraction of sp³-hybridized carbons (Fsp3) is 0.588. The van der Waals surface area contributed by atoms with E-state index in [1.165, 1.54) is 0 Å². The number of nitrogens with zero attached hydrogens (tertiary/aromatic N) is 1. The lowest BCUT2D eigenvalue weighted by molar-refractivity contribution is -0.139. The van der Waals surface area contributed by atoms with Crippen molar-refractivity contribution in [1.82, 2.24) is 10.2 Å². The highest BCUT2D eigenvalue weighted by molar-refractivity contribution is 5.85. The van der Waals surface area contributed by atoms with Gasteiger partial charge in [0.2, 0.25) is 0 Å². The topological polar surface area (TPSA) is 41.6 Å². The molecule has 1 saturated heterocycles. The third-order valence-electron chi connectivity index (χ3n) is 4.07. The minimum absolute atomic E-state index is 0. The van der Waals surface area contributed by atoms with Crippen molar-refractivity contribution in [3.05, 3.63) is 29.8 Å². The number of aryl methyl sites for hydroxylation is 1. The first-order valence-electron chi connectivity index (χ1n) is 7.77. The molecule has 22 heavy (non-hydrogen) atoms. The quantitative estimate of drug-likeness (QED) is 0.904.